The summed E-state index contributed by atoms with van der Waals surface area (Å²) in [5.41, 5.74) is 6.41. The molecule has 5 nitrogen and oxygen atoms in total. The number of aryl methyl sites for hydroxylation is 2. The molecular formula is C30H34N2O3. The van der Waals surface area contributed by atoms with Crippen LogP contribution in [-0.2, 0) is 16.0 Å². The molecule has 2 unspecified atom stereocenters. The Morgan fingerprint density at radius 1 is 1.00 bits per heavy atom. The van der Waals surface area contributed by atoms with Crippen LogP contribution in [0.25, 0.3) is 0 Å². The van der Waals surface area contributed by atoms with Gasteiger partial charge in [0.1, 0.15) is 5.75 Å². The molecule has 0 aromatic heterocycles. The van der Waals surface area contributed by atoms with Crippen molar-refractivity contribution in [2.45, 2.75) is 59.1 Å². The fourth-order valence-electron chi connectivity index (χ4n) is 4.68. The van der Waals surface area contributed by atoms with Gasteiger partial charge >= 0.3 is 0 Å². The van der Waals surface area contributed by atoms with Crippen LogP contribution in [-0.4, -0.2) is 29.4 Å². The van der Waals surface area contributed by atoms with E-state index in [0.29, 0.717) is 25.1 Å². The van der Waals surface area contributed by atoms with Crippen LogP contribution in [0.5, 0.6) is 5.75 Å². The molecule has 1 aliphatic heterocycles. The van der Waals surface area contributed by atoms with Crippen molar-refractivity contribution in [3.05, 3.63) is 94.5 Å². The Bertz CT molecular complexity index is 1200. The molecule has 0 fully saturated rings. The third-order valence-corrected chi connectivity index (χ3v) is 6.59. The molecule has 0 saturated carbocycles. The Labute approximate surface area is 208 Å². The van der Waals surface area contributed by atoms with Gasteiger partial charge in [0, 0.05) is 18.7 Å². The SMILES string of the molecule is CCC(=O)N1CCc2ccc(OC(CC)C(=O)Nc3ccc(C)cc3)cc2C1c1cccc(C)c1. The van der Waals surface area contributed by atoms with Gasteiger partial charge in [-0.1, -0.05) is 67.4 Å². The van der Waals surface area contributed by atoms with Crippen LogP contribution in [0.3, 0.4) is 0 Å². The third-order valence-electron chi connectivity index (χ3n) is 6.59. The Morgan fingerprint density at radius 2 is 1.77 bits per heavy atom. The minimum atomic E-state index is -0.622. The van der Waals surface area contributed by atoms with E-state index in [2.05, 4.69) is 36.5 Å². The molecule has 35 heavy (non-hydrogen) atoms. The summed E-state index contributed by atoms with van der Waals surface area (Å²) in [7, 11) is 0. The molecule has 1 heterocycles. The highest BCUT2D eigenvalue weighted by Crippen LogP contribution is 2.38. The molecule has 182 valence electrons. The minimum Gasteiger partial charge on any atom is -0.481 e. The van der Waals surface area contributed by atoms with Crippen LogP contribution in [0.2, 0.25) is 0 Å². The number of hydrogen-bond acceptors (Lipinski definition) is 3. The van der Waals surface area contributed by atoms with E-state index in [9.17, 15) is 9.59 Å². The maximum atomic E-state index is 12.9. The second-order valence-electron chi connectivity index (χ2n) is 9.24. The molecule has 2 atom stereocenters. The highest BCUT2D eigenvalue weighted by atomic mass is 16.5. The van der Waals surface area contributed by atoms with Crippen LogP contribution in [0.15, 0.2) is 66.7 Å². The van der Waals surface area contributed by atoms with Crippen molar-refractivity contribution in [2.24, 2.45) is 0 Å². The number of benzene rings is 3. The molecule has 5 heteroatoms. The molecule has 0 aliphatic carbocycles. The smallest absolute Gasteiger partial charge is 0.265 e. The van der Waals surface area contributed by atoms with E-state index in [1.54, 1.807) is 0 Å². The topological polar surface area (TPSA) is 58.6 Å². The van der Waals surface area contributed by atoms with Crippen LogP contribution < -0.4 is 10.1 Å². The van der Waals surface area contributed by atoms with Crippen LogP contribution in [0.4, 0.5) is 5.69 Å². The normalized spacial score (nSPS) is 15.8. The van der Waals surface area contributed by atoms with Crippen molar-refractivity contribution in [2.75, 3.05) is 11.9 Å². The summed E-state index contributed by atoms with van der Waals surface area (Å²) < 4.78 is 6.20. The number of hydrogen-bond donors (Lipinski definition) is 1. The number of nitrogens with zero attached hydrogens (tertiary/aromatic N) is 1. The zero-order chi connectivity index (χ0) is 24.9. The van der Waals surface area contributed by atoms with E-state index in [1.807, 2.05) is 68.1 Å². The first-order chi connectivity index (χ1) is 16.9. The van der Waals surface area contributed by atoms with E-state index in [-0.39, 0.29) is 17.9 Å². The van der Waals surface area contributed by atoms with Crippen LogP contribution in [0, 0.1) is 13.8 Å². The predicted octanol–water partition coefficient (Wildman–Crippen LogP) is 5.98. The number of ether oxygens (including phenoxy) is 1. The van der Waals surface area contributed by atoms with Gasteiger partial charge in [0.2, 0.25) is 5.91 Å². The summed E-state index contributed by atoms with van der Waals surface area (Å²) in [6.45, 7) is 8.61. The second-order valence-corrected chi connectivity index (χ2v) is 9.24. The molecule has 2 amide bonds. The molecule has 1 aliphatic rings. The largest absolute Gasteiger partial charge is 0.481 e. The molecule has 3 aromatic rings. The lowest BCUT2D eigenvalue weighted by Crippen LogP contribution is -2.40. The summed E-state index contributed by atoms with van der Waals surface area (Å²) in [4.78, 5) is 27.8. The fraction of sp³-hybridized carbons (Fsp3) is 0.333. The average Bonchev–Trinajstić information content (AvgIpc) is 2.87. The van der Waals surface area contributed by atoms with Crippen molar-refractivity contribution >= 4 is 17.5 Å². The Hall–Kier alpha value is -3.60. The summed E-state index contributed by atoms with van der Waals surface area (Å²) >= 11 is 0. The highest BCUT2D eigenvalue weighted by Gasteiger charge is 2.32. The van der Waals surface area contributed by atoms with E-state index < -0.39 is 6.10 Å². The highest BCUT2D eigenvalue weighted by molar-refractivity contribution is 5.94. The van der Waals surface area contributed by atoms with Gasteiger partial charge < -0.3 is 15.0 Å². The minimum absolute atomic E-state index is 0.136. The summed E-state index contributed by atoms with van der Waals surface area (Å²) in [6.07, 6.45) is 1.18. The standard InChI is InChI=1S/C30H34N2O3/c1-5-27(30(34)31-24-13-10-20(3)11-14-24)35-25-15-12-22-16-17-32(28(33)6-2)29(26(22)19-25)23-9-7-8-21(4)18-23/h7-15,18-19,27,29H,5-6,16-17H2,1-4H3,(H,31,34). The number of rotatable bonds is 7. The van der Waals surface area contributed by atoms with Gasteiger partial charge in [0.25, 0.3) is 5.91 Å². The molecule has 3 aromatic carbocycles. The quantitative estimate of drug-likeness (QED) is 0.462. The van der Waals surface area contributed by atoms with Gasteiger partial charge in [-0.15, -0.1) is 0 Å². The molecular weight excluding hydrogens is 436 g/mol. The van der Waals surface area contributed by atoms with Crippen LogP contribution >= 0.6 is 0 Å². The lowest BCUT2D eigenvalue weighted by Gasteiger charge is -2.38. The van der Waals surface area contributed by atoms with Gasteiger partial charge in [-0.05, 0) is 67.6 Å². The number of carbonyl (C=O) groups excluding carboxylic acids is 2. The summed E-state index contributed by atoms with van der Waals surface area (Å²) in [5.74, 6) is 0.600. The zero-order valence-corrected chi connectivity index (χ0v) is 21.0. The lowest BCUT2D eigenvalue weighted by molar-refractivity contribution is -0.133. The van der Waals surface area contributed by atoms with Gasteiger partial charge in [-0.3, -0.25) is 9.59 Å². The molecule has 4 rings (SSSR count). The number of amides is 2. The molecule has 0 saturated heterocycles. The first-order valence-electron chi connectivity index (χ1n) is 12.4. The molecule has 0 bridgehead atoms. The monoisotopic (exact) mass is 470 g/mol. The first kappa shape index (κ1) is 24.5. The van der Waals surface area contributed by atoms with Gasteiger partial charge in [-0.25, -0.2) is 0 Å². The second kappa shape index (κ2) is 10.8. The molecule has 1 N–H and O–H groups in total. The number of anilines is 1. The first-order valence-corrected chi connectivity index (χ1v) is 12.4. The lowest BCUT2D eigenvalue weighted by atomic mass is 9.87. The van der Waals surface area contributed by atoms with Gasteiger partial charge in [-0.2, -0.15) is 0 Å². The summed E-state index contributed by atoms with van der Waals surface area (Å²) in [5, 5.41) is 2.96. The summed E-state index contributed by atoms with van der Waals surface area (Å²) in [6, 6.07) is 21.9. The number of carbonyl (C=O) groups is 2. The Morgan fingerprint density at radius 3 is 2.46 bits per heavy atom. The zero-order valence-electron chi connectivity index (χ0n) is 21.0. The van der Waals surface area contributed by atoms with E-state index >= 15 is 0 Å². The van der Waals surface area contributed by atoms with Crippen molar-refractivity contribution in [1.29, 1.82) is 0 Å². The van der Waals surface area contributed by atoms with Crippen LogP contribution in [0.1, 0.15) is 60.5 Å². The van der Waals surface area contributed by atoms with E-state index in [0.717, 1.165) is 34.4 Å². The van der Waals surface area contributed by atoms with Crippen molar-refractivity contribution < 1.29 is 14.3 Å². The van der Waals surface area contributed by atoms with Crippen molar-refractivity contribution in [3.8, 4) is 5.75 Å². The maximum absolute atomic E-state index is 12.9. The molecule has 0 radical (unpaired) electrons. The van der Waals surface area contributed by atoms with Gasteiger partial charge in [0.15, 0.2) is 6.10 Å². The Kier molecular flexibility index (Phi) is 7.54. The average molecular weight is 471 g/mol. The van der Waals surface area contributed by atoms with E-state index in [1.165, 1.54) is 5.56 Å². The number of nitrogens with one attached hydrogen (secondary N) is 1. The maximum Gasteiger partial charge on any atom is 0.265 e. The van der Waals surface area contributed by atoms with Crippen molar-refractivity contribution in [3.63, 3.8) is 0 Å². The van der Waals surface area contributed by atoms with Gasteiger partial charge in [0.05, 0.1) is 6.04 Å². The predicted molar refractivity (Wildman–Crippen MR) is 140 cm³/mol. The number of fused-ring (bicyclic) bond motifs is 1. The Balaban J connectivity index is 1.62. The van der Waals surface area contributed by atoms with E-state index in [4.69, 9.17) is 4.74 Å². The third kappa shape index (κ3) is 5.56. The molecule has 0 spiro atoms. The fourth-order valence-corrected chi connectivity index (χ4v) is 4.68. The van der Waals surface area contributed by atoms with Crippen molar-refractivity contribution in [1.82, 2.24) is 4.90 Å².